The molecule has 1 aliphatic carbocycles. The van der Waals surface area contributed by atoms with E-state index in [1.54, 1.807) is 0 Å². The van der Waals surface area contributed by atoms with E-state index in [-0.39, 0.29) is 36.5 Å². The highest BCUT2D eigenvalue weighted by Gasteiger charge is 2.46. The van der Waals surface area contributed by atoms with Gasteiger partial charge in [-0.1, -0.05) is 61.4 Å². The summed E-state index contributed by atoms with van der Waals surface area (Å²) in [6, 6.07) is 19.7. The number of carbonyl (C=O) groups excluding carboxylic acids is 3. The number of rotatable bonds is 6. The molecular formula is C29H34N4O3S. The molecule has 1 aliphatic heterocycles. The summed E-state index contributed by atoms with van der Waals surface area (Å²) in [5.74, 6) is -0.565. The lowest BCUT2D eigenvalue weighted by atomic mass is 9.93. The Labute approximate surface area is 221 Å². The number of imide groups is 1. The van der Waals surface area contributed by atoms with Gasteiger partial charge in [0, 0.05) is 23.3 Å². The van der Waals surface area contributed by atoms with E-state index in [9.17, 15) is 14.4 Å². The molecule has 2 aromatic carbocycles. The first-order chi connectivity index (χ1) is 18.0. The highest BCUT2D eigenvalue weighted by molar-refractivity contribution is 7.20. The van der Waals surface area contributed by atoms with Crippen molar-refractivity contribution in [2.45, 2.75) is 63.1 Å². The van der Waals surface area contributed by atoms with Gasteiger partial charge in [-0.05, 0) is 62.2 Å². The normalized spacial score (nSPS) is 20.9. The number of urea groups is 1. The quantitative estimate of drug-likeness (QED) is 0.429. The number of piperidine rings is 1. The number of nitrogens with one attached hydrogen (secondary N) is 3. The molecule has 1 saturated carbocycles. The average Bonchev–Trinajstić information content (AvgIpc) is 3.58. The summed E-state index contributed by atoms with van der Waals surface area (Å²) in [5.41, 5.74) is 0.139. The van der Waals surface area contributed by atoms with Crippen molar-refractivity contribution in [3.63, 3.8) is 0 Å². The fourth-order valence-corrected chi connectivity index (χ4v) is 6.58. The number of amides is 4. The Morgan fingerprint density at radius 2 is 1.78 bits per heavy atom. The molecule has 37 heavy (non-hydrogen) atoms. The average molecular weight is 519 g/mol. The molecular weight excluding hydrogens is 484 g/mol. The molecule has 2 heterocycles. The molecule has 2 atom stereocenters. The predicted octanol–water partition coefficient (Wildman–Crippen LogP) is 5.00. The maximum absolute atomic E-state index is 13.8. The Morgan fingerprint density at radius 1 is 1.05 bits per heavy atom. The zero-order valence-corrected chi connectivity index (χ0v) is 22.0. The maximum atomic E-state index is 13.8. The van der Waals surface area contributed by atoms with Crippen LogP contribution >= 0.6 is 11.3 Å². The Morgan fingerprint density at radius 3 is 2.51 bits per heavy atom. The smallest absolute Gasteiger partial charge is 0.324 e. The number of nitrogens with zero attached hydrogens (tertiary/aromatic N) is 1. The van der Waals surface area contributed by atoms with Crippen LogP contribution in [0.4, 0.5) is 4.79 Å². The molecule has 1 saturated heterocycles. The first-order valence-electron chi connectivity index (χ1n) is 13.2. The van der Waals surface area contributed by atoms with E-state index in [0.717, 1.165) is 42.3 Å². The summed E-state index contributed by atoms with van der Waals surface area (Å²) >= 11 is 1.42. The zero-order chi connectivity index (χ0) is 25.8. The Balaban J connectivity index is 1.28. The predicted molar refractivity (Wildman–Crippen MR) is 147 cm³/mol. The summed E-state index contributed by atoms with van der Waals surface area (Å²) in [7, 11) is 0. The largest absolute Gasteiger partial charge is 0.337 e. The molecule has 3 N–H and O–H groups in total. The second-order valence-corrected chi connectivity index (χ2v) is 11.1. The van der Waals surface area contributed by atoms with Gasteiger partial charge in [-0.2, -0.15) is 0 Å². The van der Waals surface area contributed by atoms with E-state index in [2.05, 4.69) is 28.1 Å². The first-order valence-corrected chi connectivity index (χ1v) is 14.0. The van der Waals surface area contributed by atoms with E-state index in [4.69, 9.17) is 0 Å². The summed E-state index contributed by atoms with van der Waals surface area (Å²) in [5, 5.41) is 10.7. The SMILES string of the molecule is CCN(C(=O)NC1CCN[C@@H](c2ccccc2)C1)C(=O)C1(NC(=O)c2cc3ccccc3s2)CCCC1. The number of hydrogen-bond acceptors (Lipinski definition) is 5. The molecule has 2 aliphatic rings. The van der Waals surface area contributed by atoms with Crippen molar-refractivity contribution in [2.24, 2.45) is 0 Å². The minimum absolute atomic E-state index is 0.0338. The standard InChI is InChI=1S/C29H34N4O3S/c1-2-33(28(36)31-22-14-17-30-23(19-22)20-10-4-3-5-11-20)27(35)29(15-8-9-16-29)32-26(34)25-18-21-12-6-7-13-24(21)37-25/h3-7,10-13,18,22-23,30H,2,8-9,14-17,19H2,1H3,(H,31,36)(H,32,34)/t22?,23-/m1/s1. The van der Waals surface area contributed by atoms with Crippen molar-refractivity contribution in [1.82, 2.24) is 20.9 Å². The fourth-order valence-electron chi connectivity index (χ4n) is 5.62. The molecule has 1 unspecified atom stereocenters. The lowest BCUT2D eigenvalue weighted by Crippen LogP contribution is -2.61. The second-order valence-electron chi connectivity index (χ2n) is 10.0. The van der Waals surface area contributed by atoms with Gasteiger partial charge in [0.25, 0.3) is 11.8 Å². The van der Waals surface area contributed by atoms with Crippen molar-refractivity contribution in [3.05, 3.63) is 71.1 Å². The third-order valence-corrected chi connectivity index (χ3v) is 8.72. The van der Waals surface area contributed by atoms with Gasteiger partial charge >= 0.3 is 6.03 Å². The molecule has 2 fully saturated rings. The van der Waals surface area contributed by atoms with Crippen LogP contribution in [-0.2, 0) is 4.79 Å². The minimum atomic E-state index is -1.05. The van der Waals surface area contributed by atoms with E-state index < -0.39 is 5.54 Å². The molecule has 0 radical (unpaired) electrons. The van der Waals surface area contributed by atoms with E-state index in [1.807, 2.05) is 55.5 Å². The van der Waals surface area contributed by atoms with Crippen LogP contribution in [0.3, 0.4) is 0 Å². The van der Waals surface area contributed by atoms with E-state index >= 15 is 0 Å². The summed E-state index contributed by atoms with van der Waals surface area (Å²) in [4.78, 5) is 42.3. The minimum Gasteiger partial charge on any atom is -0.337 e. The van der Waals surface area contributed by atoms with Crippen molar-refractivity contribution in [1.29, 1.82) is 0 Å². The molecule has 3 aromatic rings. The molecule has 194 valence electrons. The highest BCUT2D eigenvalue weighted by atomic mass is 32.1. The van der Waals surface area contributed by atoms with Crippen LogP contribution in [0.5, 0.6) is 0 Å². The topological polar surface area (TPSA) is 90.5 Å². The van der Waals surface area contributed by atoms with E-state index in [0.29, 0.717) is 17.7 Å². The van der Waals surface area contributed by atoms with Crippen molar-refractivity contribution >= 4 is 39.3 Å². The number of thiophene rings is 1. The van der Waals surface area contributed by atoms with Crippen molar-refractivity contribution in [2.75, 3.05) is 13.1 Å². The van der Waals surface area contributed by atoms with Gasteiger partial charge in [0.1, 0.15) is 5.54 Å². The van der Waals surface area contributed by atoms with Gasteiger partial charge in [0.15, 0.2) is 0 Å². The second kappa shape index (κ2) is 11.0. The van der Waals surface area contributed by atoms with Crippen LogP contribution in [0.2, 0.25) is 0 Å². The van der Waals surface area contributed by atoms with Gasteiger partial charge in [-0.15, -0.1) is 11.3 Å². The Kier molecular flexibility index (Phi) is 7.58. The fraction of sp³-hybridized carbons (Fsp3) is 0.414. The number of likely N-dealkylation sites (N-methyl/N-ethyl adjacent to an activating group) is 1. The van der Waals surface area contributed by atoms with Gasteiger partial charge < -0.3 is 16.0 Å². The van der Waals surface area contributed by atoms with Crippen molar-refractivity contribution < 1.29 is 14.4 Å². The molecule has 7 nitrogen and oxygen atoms in total. The summed E-state index contributed by atoms with van der Waals surface area (Å²) in [6.07, 6.45) is 4.31. The van der Waals surface area contributed by atoms with Gasteiger partial charge in [0.2, 0.25) is 0 Å². The lowest BCUT2D eigenvalue weighted by molar-refractivity contribution is -0.134. The molecule has 1 aromatic heterocycles. The molecule has 4 amide bonds. The first kappa shape index (κ1) is 25.4. The van der Waals surface area contributed by atoms with Gasteiger partial charge in [-0.25, -0.2) is 4.79 Å². The number of carbonyl (C=O) groups is 3. The van der Waals surface area contributed by atoms with Crippen molar-refractivity contribution in [3.8, 4) is 0 Å². The Bertz CT molecular complexity index is 1240. The van der Waals surface area contributed by atoms with Crippen LogP contribution in [0.15, 0.2) is 60.7 Å². The number of benzene rings is 2. The van der Waals surface area contributed by atoms with Gasteiger partial charge in [-0.3, -0.25) is 14.5 Å². The summed E-state index contributed by atoms with van der Waals surface area (Å²) in [6.45, 7) is 2.85. The molecule has 8 heteroatoms. The monoisotopic (exact) mass is 518 g/mol. The van der Waals surface area contributed by atoms with Crippen LogP contribution in [0.25, 0.3) is 10.1 Å². The van der Waals surface area contributed by atoms with Crippen LogP contribution < -0.4 is 16.0 Å². The highest BCUT2D eigenvalue weighted by Crippen LogP contribution is 2.33. The molecule has 0 bridgehead atoms. The molecule has 0 spiro atoms. The Hall–Kier alpha value is -3.23. The lowest BCUT2D eigenvalue weighted by Gasteiger charge is -2.36. The van der Waals surface area contributed by atoms with Gasteiger partial charge in [0.05, 0.1) is 4.88 Å². The van der Waals surface area contributed by atoms with Crippen LogP contribution in [0, 0.1) is 0 Å². The van der Waals surface area contributed by atoms with E-state index in [1.165, 1.54) is 21.8 Å². The third-order valence-electron chi connectivity index (χ3n) is 7.61. The van der Waals surface area contributed by atoms with Crippen LogP contribution in [-0.4, -0.2) is 47.4 Å². The third kappa shape index (κ3) is 5.40. The zero-order valence-electron chi connectivity index (χ0n) is 21.2. The number of fused-ring (bicyclic) bond motifs is 1. The maximum Gasteiger partial charge on any atom is 0.324 e. The molecule has 5 rings (SSSR count). The van der Waals surface area contributed by atoms with Crippen LogP contribution in [0.1, 0.15) is 66.7 Å². The number of hydrogen-bond donors (Lipinski definition) is 3. The summed E-state index contributed by atoms with van der Waals surface area (Å²) < 4.78 is 1.03.